The van der Waals surface area contributed by atoms with Gasteiger partial charge in [-0.15, -0.1) is 11.6 Å². The van der Waals surface area contributed by atoms with Gasteiger partial charge in [0.2, 0.25) is 0 Å². The maximum absolute atomic E-state index is 11.6. The van der Waals surface area contributed by atoms with E-state index >= 15 is 0 Å². The number of rotatable bonds is 13. The van der Waals surface area contributed by atoms with Crippen LogP contribution < -0.4 is 0 Å². The molecule has 2 fully saturated rings. The average Bonchev–Trinajstić information content (AvgIpc) is 3.02. The maximum atomic E-state index is 11.6. The Labute approximate surface area is 193 Å². The molecule has 0 aromatic carbocycles. The summed E-state index contributed by atoms with van der Waals surface area (Å²) in [7, 11) is 0. The quantitative estimate of drug-likeness (QED) is 0.175. The number of aliphatic carboxylic acids is 1. The van der Waals surface area contributed by atoms with E-state index in [9.17, 15) is 15.0 Å². The Morgan fingerprint density at radius 1 is 1.13 bits per heavy atom. The summed E-state index contributed by atoms with van der Waals surface area (Å²) in [5, 5.41) is 30.9. The predicted octanol–water partition coefficient (Wildman–Crippen LogP) is 6.24. The molecule has 0 spiro atoms. The molecular formula is C26H43ClO4. The van der Waals surface area contributed by atoms with Gasteiger partial charge in [-0.05, 0) is 56.8 Å². The van der Waals surface area contributed by atoms with Crippen LogP contribution in [0.15, 0.2) is 24.3 Å². The molecule has 0 bridgehead atoms. The van der Waals surface area contributed by atoms with E-state index < -0.39 is 17.7 Å². The molecule has 0 unspecified atom stereocenters. The van der Waals surface area contributed by atoms with Crippen molar-refractivity contribution in [1.82, 2.24) is 0 Å². The first-order valence-corrected chi connectivity index (χ1v) is 12.9. The first kappa shape index (κ1) is 26.4. The summed E-state index contributed by atoms with van der Waals surface area (Å²) in [6, 6.07) is 0. The molecule has 0 saturated heterocycles. The standard InChI is InChI=1S/C26H43ClO4/c1-2-3-11-17-26(31,20-12-7-6-8-13-20)18-16-22-21(23(27)19-24(22)28)14-9-4-5-10-15-25(29)30/h4,9,16,18,20-24,28,31H,2-3,5-8,10-15,17,19H2,1H3,(H,29,30)/b9-4-,18-16+/t21-,22-,23+,24-,26-/m1/s1. The fraction of sp³-hybridized carbons (Fsp3) is 0.808. The number of allylic oxidation sites excluding steroid dienone is 2. The molecule has 0 aromatic heterocycles. The number of unbranched alkanes of at least 4 members (excludes halogenated alkanes) is 3. The highest BCUT2D eigenvalue weighted by Crippen LogP contribution is 2.42. The van der Waals surface area contributed by atoms with Crippen molar-refractivity contribution < 1.29 is 20.1 Å². The third kappa shape index (κ3) is 8.55. The summed E-state index contributed by atoms with van der Waals surface area (Å²) in [6.07, 6.45) is 20.5. The van der Waals surface area contributed by atoms with Crippen molar-refractivity contribution in [1.29, 1.82) is 0 Å². The van der Waals surface area contributed by atoms with Gasteiger partial charge in [-0.25, -0.2) is 0 Å². The second-order valence-corrected chi connectivity index (χ2v) is 10.3. The Bertz CT molecular complexity index is 584. The summed E-state index contributed by atoms with van der Waals surface area (Å²) in [5.74, 6) is -0.364. The van der Waals surface area contributed by atoms with Crippen molar-refractivity contribution in [3.05, 3.63) is 24.3 Å². The Morgan fingerprint density at radius 3 is 2.55 bits per heavy atom. The normalized spacial score (nSPS) is 29.7. The van der Waals surface area contributed by atoms with Gasteiger partial charge in [-0.1, -0.05) is 69.8 Å². The molecule has 178 valence electrons. The van der Waals surface area contributed by atoms with Crippen LogP contribution in [-0.2, 0) is 4.79 Å². The maximum Gasteiger partial charge on any atom is 0.303 e. The van der Waals surface area contributed by atoms with Gasteiger partial charge >= 0.3 is 5.97 Å². The molecule has 2 saturated carbocycles. The number of alkyl halides is 1. The van der Waals surface area contributed by atoms with E-state index in [2.05, 4.69) is 19.1 Å². The van der Waals surface area contributed by atoms with Crippen molar-refractivity contribution in [3.8, 4) is 0 Å². The summed E-state index contributed by atoms with van der Waals surface area (Å²) >= 11 is 6.58. The van der Waals surface area contributed by atoms with Gasteiger partial charge in [-0.2, -0.15) is 0 Å². The molecule has 3 N–H and O–H groups in total. The molecule has 31 heavy (non-hydrogen) atoms. The van der Waals surface area contributed by atoms with Crippen LogP contribution in [0.3, 0.4) is 0 Å². The van der Waals surface area contributed by atoms with Crippen molar-refractivity contribution in [2.45, 2.75) is 114 Å². The molecule has 2 aliphatic rings. The zero-order chi connectivity index (χ0) is 22.7. The zero-order valence-electron chi connectivity index (χ0n) is 19.2. The second-order valence-electron chi connectivity index (χ2n) is 9.70. The highest BCUT2D eigenvalue weighted by Gasteiger charge is 2.41. The van der Waals surface area contributed by atoms with Gasteiger partial charge in [-0.3, -0.25) is 4.79 Å². The largest absolute Gasteiger partial charge is 0.481 e. The summed E-state index contributed by atoms with van der Waals surface area (Å²) in [6.45, 7) is 2.19. The molecule has 0 radical (unpaired) electrons. The third-order valence-corrected chi connectivity index (χ3v) is 7.81. The number of carboxylic acids is 1. The van der Waals surface area contributed by atoms with Crippen LogP contribution >= 0.6 is 11.6 Å². The van der Waals surface area contributed by atoms with Crippen LogP contribution in [0.2, 0.25) is 0 Å². The first-order chi connectivity index (χ1) is 14.9. The van der Waals surface area contributed by atoms with Gasteiger partial charge in [0.05, 0.1) is 11.7 Å². The molecule has 0 amide bonds. The van der Waals surface area contributed by atoms with Crippen molar-refractivity contribution in [3.63, 3.8) is 0 Å². The van der Waals surface area contributed by atoms with Crippen LogP contribution in [0.1, 0.15) is 96.8 Å². The number of halogens is 1. The van der Waals surface area contributed by atoms with E-state index in [1.165, 1.54) is 19.3 Å². The molecule has 0 heterocycles. The Kier molecular flexibility index (Phi) is 11.6. The SMILES string of the molecule is CCCCC[C@@](O)(/C=C/[C@@H]1[C@@H](C/C=C\CCCC(=O)O)[C@@H](Cl)C[C@H]1O)C1CCCCC1. The molecule has 2 rings (SSSR count). The Balaban J connectivity index is 2.02. The van der Waals surface area contributed by atoms with E-state index in [0.717, 1.165) is 51.4 Å². The van der Waals surface area contributed by atoms with E-state index in [4.69, 9.17) is 16.7 Å². The van der Waals surface area contributed by atoms with Crippen LogP contribution in [0.5, 0.6) is 0 Å². The van der Waals surface area contributed by atoms with Crippen LogP contribution in [-0.4, -0.2) is 38.4 Å². The van der Waals surface area contributed by atoms with Gasteiger partial charge in [0.1, 0.15) is 0 Å². The molecule has 5 atom stereocenters. The lowest BCUT2D eigenvalue weighted by molar-refractivity contribution is -0.137. The fourth-order valence-corrected chi connectivity index (χ4v) is 5.82. The van der Waals surface area contributed by atoms with Crippen molar-refractivity contribution in [2.24, 2.45) is 17.8 Å². The summed E-state index contributed by atoms with van der Waals surface area (Å²) < 4.78 is 0. The van der Waals surface area contributed by atoms with Gasteiger partial charge < -0.3 is 15.3 Å². The van der Waals surface area contributed by atoms with Gasteiger partial charge in [0.25, 0.3) is 0 Å². The minimum absolute atomic E-state index is 0.0486. The van der Waals surface area contributed by atoms with Crippen LogP contribution in [0, 0.1) is 17.8 Å². The minimum atomic E-state index is -0.781. The van der Waals surface area contributed by atoms with Gasteiger partial charge in [0.15, 0.2) is 0 Å². The van der Waals surface area contributed by atoms with E-state index in [1.807, 2.05) is 12.2 Å². The minimum Gasteiger partial charge on any atom is -0.481 e. The third-order valence-electron chi connectivity index (χ3n) is 7.31. The van der Waals surface area contributed by atoms with E-state index in [1.54, 1.807) is 0 Å². The molecule has 0 aliphatic heterocycles. The lowest BCUT2D eigenvalue weighted by Crippen LogP contribution is -2.37. The lowest BCUT2D eigenvalue weighted by atomic mass is 9.73. The molecule has 0 aromatic rings. The molecule has 4 nitrogen and oxygen atoms in total. The fourth-order valence-electron chi connectivity index (χ4n) is 5.37. The monoisotopic (exact) mass is 454 g/mol. The first-order valence-electron chi connectivity index (χ1n) is 12.5. The smallest absolute Gasteiger partial charge is 0.303 e. The Hall–Kier alpha value is -0.840. The number of aliphatic hydroxyl groups excluding tert-OH is 1. The number of carboxylic acid groups (broad SMARTS) is 1. The Morgan fingerprint density at radius 2 is 1.87 bits per heavy atom. The number of hydrogen-bond acceptors (Lipinski definition) is 3. The summed E-state index contributed by atoms with van der Waals surface area (Å²) in [5.41, 5.74) is -0.781. The second kappa shape index (κ2) is 13.6. The summed E-state index contributed by atoms with van der Waals surface area (Å²) in [4.78, 5) is 10.6. The van der Waals surface area contributed by atoms with E-state index in [0.29, 0.717) is 18.8 Å². The highest BCUT2D eigenvalue weighted by molar-refractivity contribution is 6.21. The number of carbonyl (C=O) groups is 1. The van der Waals surface area contributed by atoms with Crippen LogP contribution in [0.4, 0.5) is 0 Å². The van der Waals surface area contributed by atoms with Gasteiger partial charge in [0, 0.05) is 17.7 Å². The zero-order valence-corrected chi connectivity index (χ0v) is 20.0. The topological polar surface area (TPSA) is 77.8 Å². The lowest BCUT2D eigenvalue weighted by Gasteiger charge is -2.37. The predicted molar refractivity (Wildman–Crippen MR) is 127 cm³/mol. The molecule has 2 aliphatic carbocycles. The van der Waals surface area contributed by atoms with Crippen molar-refractivity contribution >= 4 is 17.6 Å². The van der Waals surface area contributed by atoms with E-state index in [-0.39, 0.29) is 23.6 Å². The molecule has 5 heteroatoms. The average molecular weight is 455 g/mol. The van der Waals surface area contributed by atoms with Crippen molar-refractivity contribution in [2.75, 3.05) is 0 Å². The van der Waals surface area contributed by atoms with Crippen LogP contribution in [0.25, 0.3) is 0 Å². The number of hydrogen-bond donors (Lipinski definition) is 3. The highest BCUT2D eigenvalue weighted by atomic mass is 35.5. The molecular weight excluding hydrogens is 412 g/mol. The number of aliphatic hydroxyl groups is 2.